The lowest BCUT2D eigenvalue weighted by atomic mass is 10.2. The molecule has 0 unspecified atom stereocenters. The number of anilines is 1. The Hall–Kier alpha value is -2.61. The van der Waals surface area contributed by atoms with Crippen LogP contribution in [0.2, 0.25) is 0 Å². The molecule has 6 nitrogen and oxygen atoms in total. The van der Waals surface area contributed by atoms with Gasteiger partial charge in [-0.1, -0.05) is 35.4 Å². The molecular weight excluding hydrogens is 390 g/mol. The standard InChI is InChI=1S/C22H25NO5S/c1-17-5-9-19(10-6-17)23(29(25,26)22-11-7-18(2)8-12-22)14-20(24)15-27-16-21-4-3-13-28-21/h3-13,20,24H,14-16H2,1-2H3/t20-/m0/s1. The number of benzene rings is 2. The zero-order valence-corrected chi connectivity index (χ0v) is 17.3. The fourth-order valence-corrected chi connectivity index (χ4v) is 4.33. The Morgan fingerprint density at radius 3 is 2.21 bits per heavy atom. The number of aliphatic hydroxyl groups is 1. The molecule has 1 atom stereocenters. The van der Waals surface area contributed by atoms with Crippen molar-refractivity contribution in [1.29, 1.82) is 0 Å². The largest absolute Gasteiger partial charge is 0.467 e. The van der Waals surface area contributed by atoms with Gasteiger partial charge >= 0.3 is 0 Å². The van der Waals surface area contributed by atoms with E-state index in [-0.39, 0.29) is 24.7 Å². The Bertz CT molecular complexity index is 996. The minimum absolute atomic E-state index is 0.0214. The van der Waals surface area contributed by atoms with Crippen molar-refractivity contribution < 1.29 is 22.7 Å². The number of hydrogen-bond acceptors (Lipinski definition) is 5. The summed E-state index contributed by atoms with van der Waals surface area (Å²) in [6.45, 7) is 3.89. The molecule has 0 aliphatic rings. The van der Waals surface area contributed by atoms with Crippen molar-refractivity contribution in [1.82, 2.24) is 0 Å². The van der Waals surface area contributed by atoms with Gasteiger partial charge in [-0.05, 0) is 50.2 Å². The molecule has 0 amide bonds. The van der Waals surface area contributed by atoms with Crippen molar-refractivity contribution in [3.8, 4) is 0 Å². The first-order valence-electron chi connectivity index (χ1n) is 9.30. The maximum absolute atomic E-state index is 13.3. The zero-order valence-electron chi connectivity index (χ0n) is 16.5. The number of hydrogen-bond donors (Lipinski definition) is 1. The average Bonchev–Trinajstić information content (AvgIpc) is 3.21. The second-order valence-corrected chi connectivity index (χ2v) is 8.80. The normalized spacial score (nSPS) is 12.7. The zero-order chi connectivity index (χ0) is 20.9. The van der Waals surface area contributed by atoms with E-state index < -0.39 is 16.1 Å². The van der Waals surface area contributed by atoms with Crippen LogP contribution < -0.4 is 4.31 Å². The maximum Gasteiger partial charge on any atom is 0.264 e. The van der Waals surface area contributed by atoms with E-state index in [2.05, 4.69) is 0 Å². The molecule has 0 fully saturated rings. The van der Waals surface area contributed by atoms with Crippen LogP contribution in [0.25, 0.3) is 0 Å². The van der Waals surface area contributed by atoms with Crippen molar-refractivity contribution in [3.05, 3.63) is 83.8 Å². The molecule has 154 valence electrons. The Morgan fingerprint density at radius 2 is 1.62 bits per heavy atom. The van der Waals surface area contributed by atoms with E-state index in [0.29, 0.717) is 11.4 Å². The third kappa shape index (κ3) is 5.47. The number of sulfonamides is 1. The van der Waals surface area contributed by atoms with E-state index in [1.807, 2.05) is 26.0 Å². The SMILES string of the molecule is Cc1ccc(N(C[C@H](O)COCc2ccco2)S(=O)(=O)c2ccc(C)cc2)cc1. The van der Waals surface area contributed by atoms with Crippen LogP contribution in [-0.4, -0.2) is 32.8 Å². The molecule has 0 saturated carbocycles. The van der Waals surface area contributed by atoms with Crippen molar-refractivity contribution in [3.63, 3.8) is 0 Å². The highest BCUT2D eigenvalue weighted by atomic mass is 32.2. The quantitative estimate of drug-likeness (QED) is 0.577. The van der Waals surface area contributed by atoms with E-state index in [4.69, 9.17) is 9.15 Å². The van der Waals surface area contributed by atoms with E-state index in [1.54, 1.807) is 54.8 Å². The van der Waals surface area contributed by atoms with Crippen LogP contribution >= 0.6 is 0 Å². The van der Waals surface area contributed by atoms with Gasteiger partial charge in [0.15, 0.2) is 0 Å². The van der Waals surface area contributed by atoms with Gasteiger partial charge in [-0.3, -0.25) is 4.31 Å². The van der Waals surface area contributed by atoms with Gasteiger partial charge < -0.3 is 14.3 Å². The Balaban J connectivity index is 1.79. The summed E-state index contributed by atoms with van der Waals surface area (Å²) < 4.78 is 38.4. The van der Waals surface area contributed by atoms with E-state index in [9.17, 15) is 13.5 Å². The van der Waals surface area contributed by atoms with Crippen LogP contribution in [0.1, 0.15) is 16.9 Å². The highest BCUT2D eigenvalue weighted by Crippen LogP contribution is 2.25. The minimum Gasteiger partial charge on any atom is -0.467 e. The topological polar surface area (TPSA) is 80.0 Å². The number of ether oxygens (including phenoxy) is 1. The van der Waals surface area contributed by atoms with Crippen molar-refractivity contribution in [2.24, 2.45) is 0 Å². The van der Waals surface area contributed by atoms with E-state index >= 15 is 0 Å². The first-order chi connectivity index (χ1) is 13.9. The molecule has 1 heterocycles. The van der Waals surface area contributed by atoms with Crippen molar-refractivity contribution >= 4 is 15.7 Å². The fraction of sp³-hybridized carbons (Fsp3) is 0.273. The molecule has 0 aliphatic heterocycles. The first kappa shape index (κ1) is 21.1. The number of rotatable bonds is 9. The molecule has 2 aromatic carbocycles. The highest BCUT2D eigenvalue weighted by Gasteiger charge is 2.27. The molecule has 0 aliphatic carbocycles. The summed E-state index contributed by atoms with van der Waals surface area (Å²) in [6.07, 6.45) is 0.536. The van der Waals surface area contributed by atoms with Gasteiger partial charge in [0.05, 0.1) is 36.1 Å². The molecule has 7 heteroatoms. The Morgan fingerprint density at radius 1 is 1.00 bits per heavy atom. The molecule has 0 spiro atoms. The van der Waals surface area contributed by atoms with Crippen LogP contribution in [0, 0.1) is 13.8 Å². The van der Waals surface area contributed by atoms with Crippen molar-refractivity contribution in [2.75, 3.05) is 17.5 Å². The highest BCUT2D eigenvalue weighted by molar-refractivity contribution is 7.92. The van der Waals surface area contributed by atoms with Crippen molar-refractivity contribution in [2.45, 2.75) is 31.5 Å². The summed E-state index contributed by atoms with van der Waals surface area (Å²) in [4.78, 5) is 0.173. The summed E-state index contributed by atoms with van der Waals surface area (Å²) in [6, 6.07) is 17.3. The average molecular weight is 416 g/mol. The fourth-order valence-electron chi connectivity index (χ4n) is 2.83. The molecule has 1 N–H and O–H groups in total. The molecule has 29 heavy (non-hydrogen) atoms. The summed E-state index contributed by atoms with van der Waals surface area (Å²) >= 11 is 0. The number of aryl methyl sites for hydroxylation is 2. The predicted octanol–water partition coefficient (Wildman–Crippen LogP) is 3.67. The number of nitrogens with zero attached hydrogens (tertiary/aromatic N) is 1. The summed E-state index contributed by atoms with van der Waals surface area (Å²) in [5, 5.41) is 10.5. The molecule has 3 rings (SSSR count). The lowest BCUT2D eigenvalue weighted by Gasteiger charge is -2.27. The molecule has 1 aromatic heterocycles. The van der Waals surface area contributed by atoms with Crippen LogP contribution in [-0.2, 0) is 21.4 Å². The van der Waals surface area contributed by atoms with Gasteiger partial charge in [0, 0.05) is 0 Å². The Labute approximate surface area is 171 Å². The lowest BCUT2D eigenvalue weighted by molar-refractivity contribution is 0.0269. The molecular formula is C22H25NO5S. The van der Waals surface area contributed by atoms with Gasteiger partial charge in [-0.15, -0.1) is 0 Å². The third-order valence-electron chi connectivity index (χ3n) is 4.44. The summed E-state index contributed by atoms with van der Waals surface area (Å²) in [5.41, 5.74) is 2.47. The van der Waals surface area contributed by atoms with Crippen LogP contribution in [0.4, 0.5) is 5.69 Å². The summed E-state index contributed by atoms with van der Waals surface area (Å²) in [7, 11) is -3.85. The predicted molar refractivity (Wildman–Crippen MR) is 111 cm³/mol. The number of aliphatic hydroxyl groups excluding tert-OH is 1. The number of furan rings is 1. The lowest BCUT2D eigenvalue weighted by Crippen LogP contribution is -2.39. The molecule has 0 saturated heterocycles. The second-order valence-electron chi connectivity index (χ2n) is 6.93. The van der Waals surface area contributed by atoms with Gasteiger partial charge in [0.25, 0.3) is 10.0 Å². The molecule has 3 aromatic rings. The smallest absolute Gasteiger partial charge is 0.264 e. The third-order valence-corrected chi connectivity index (χ3v) is 6.25. The van der Waals surface area contributed by atoms with Crippen LogP contribution in [0.15, 0.2) is 76.2 Å². The summed E-state index contributed by atoms with van der Waals surface area (Å²) in [5.74, 6) is 0.639. The molecule has 0 radical (unpaired) electrons. The van der Waals surface area contributed by atoms with Crippen LogP contribution in [0.5, 0.6) is 0 Å². The van der Waals surface area contributed by atoms with Gasteiger partial charge in [-0.25, -0.2) is 8.42 Å². The first-order valence-corrected chi connectivity index (χ1v) is 10.7. The Kier molecular flexibility index (Phi) is 6.74. The van der Waals surface area contributed by atoms with E-state index in [0.717, 1.165) is 11.1 Å². The van der Waals surface area contributed by atoms with Crippen LogP contribution in [0.3, 0.4) is 0 Å². The second kappa shape index (κ2) is 9.26. The van der Waals surface area contributed by atoms with Gasteiger partial charge in [0.2, 0.25) is 0 Å². The van der Waals surface area contributed by atoms with Gasteiger partial charge in [-0.2, -0.15) is 0 Å². The van der Waals surface area contributed by atoms with E-state index in [1.165, 1.54) is 4.31 Å². The monoisotopic (exact) mass is 415 g/mol. The molecule has 0 bridgehead atoms. The minimum atomic E-state index is -3.85. The maximum atomic E-state index is 13.3. The van der Waals surface area contributed by atoms with Gasteiger partial charge in [0.1, 0.15) is 12.4 Å².